The van der Waals surface area contributed by atoms with Crippen LogP contribution >= 0.6 is 0 Å². The summed E-state index contributed by atoms with van der Waals surface area (Å²) in [6.07, 6.45) is 7.55. The monoisotopic (exact) mass is 727 g/mol. The van der Waals surface area contributed by atoms with E-state index in [1.54, 1.807) is 0 Å². The Labute approximate surface area is 328 Å². The molecule has 1 aliphatic carbocycles. The van der Waals surface area contributed by atoms with Gasteiger partial charge < -0.3 is 9.13 Å². The van der Waals surface area contributed by atoms with Crippen LogP contribution in [-0.2, 0) is 5.41 Å². The molecule has 0 saturated heterocycles. The van der Waals surface area contributed by atoms with Crippen molar-refractivity contribution in [3.63, 3.8) is 0 Å². The number of hydrogen-bond donors (Lipinski definition) is 0. The second kappa shape index (κ2) is 12.2. The Balaban J connectivity index is 1.01. The van der Waals surface area contributed by atoms with Crippen molar-refractivity contribution in [3.05, 3.63) is 223 Å². The van der Waals surface area contributed by atoms with Gasteiger partial charge in [-0.2, -0.15) is 0 Å². The maximum Gasteiger partial charge on any atom is 0.0964 e. The third-order valence-corrected chi connectivity index (χ3v) is 12.0. The third kappa shape index (κ3) is 4.42. The van der Waals surface area contributed by atoms with Gasteiger partial charge in [-0.3, -0.25) is 15.0 Å². The van der Waals surface area contributed by atoms with Crippen molar-refractivity contribution >= 4 is 43.7 Å². The van der Waals surface area contributed by atoms with Crippen LogP contribution < -0.4 is 0 Å². The summed E-state index contributed by atoms with van der Waals surface area (Å²) < 4.78 is 4.66. The number of benzene rings is 6. The van der Waals surface area contributed by atoms with Crippen LogP contribution in [0.3, 0.4) is 0 Å². The Kier molecular flexibility index (Phi) is 6.78. The van der Waals surface area contributed by atoms with Crippen molar-refractivity contribution in [2.24, 2.45) is 0 Å². The minimum atomic E-state index is -0.557. The molecule has 5 heterocycles. The lowest BCUT2D eigenvalue weighted by atomic mass is 9.69. The lowest BCUT2D eigenvalue weighted by Crippen LogP contribution is -2.29. The van der Waals surface area contributed by atoms with E-state index in [4.69, 9.17) is 9.97 Å². The first-order chi connectivity index (χ1) is 28.3. The molecule has 6 aromatic carbocycles. The molecule has 0 N–H and O–H groups in total. The molecule has 0 spiro atoms. The highest BCUT2D eigenvalue weighted by Gasteiger charge is 2.48. The van der Waals surface area contributed by atoms with E-state index in [1.165, 1.54) is 49.6 Å². The predicted octanol–water partition coefficient (Wildman–Crippen LogP) is 12.1. The van der Waals surface area contributed by atoms with Crippen LogP contribution in [0.25, 0.3) is 77.4 Å². The number of rotatable bonds is 5. The first-order valence-electron chi connectivity index (χ1n) is 19.3. The van der Waals surface area contributed by atoms with Gasteiger partial charge in [0.2, 0.25) is 0 Å². The van der Waals surface area contributed by atoms with Gasteiger partial charge >= 0.3 is 0 Å². The van der Waals surface area contributed by atoms with E-state index in [0.717, 1.165) is 50.1 Å². The average molecular weight is 728 g/mol. The number of hydrogen-bond acceptors (Lipinski definition) is 3. The fourth-order valence-electron chi connectivity index (χ4n) is 9.65. The zero-order chi connectivity index (χ0) is 37.5. The molecular formula is C52H33N5. The number of para-hydroxylation sites is 1. The Hall–Kier alpha value is -7.63. The van der Waals surface area contributed by atoms with Crippen molar-refractivity contribution in [1.29, 1.82) is 0 Å². The average Bonchev–Trinajstić information content (AvgIpc) is 3.92. The molecular weight excluding hydrogens is 695 g/mol. The third-order valence-electron chi connectivity index (χ3n) is 12.0. The van der Waals surface area contributed by atoms with Gasteiger partial charge in [-0.15, -0.1) is 0 Å². The van der Waals surface area contributed by atoms with Crippen molar-refractivity contribution in [3.8, 4) is 33.6 Å². The lowest BCUT2D eigenvalue weighted by molar-refractivity contribution is 0.738. The minimum absolute atomic E-state index is 0.557. The van der Waals surface area contributed by atoms with Crippen LogP contribution in [0.15, 0.2) is 201 Å². The number of nitrogens with zero attached hydrogens (tertiary/aromatic N) is 5. The molecule has 11 aromatic rings. The summed E-state index contributed by atoms with van der Waals surface area (Å²) in [5.41, 5.74) is 16.6. The molecule has 0 saturated carbocycles. The summed E-state index contributed by atoms with van der Waals surface area (Å²) in [6, 6.07) is 63.5. The highest BCUT2D eigenvalue weighted by molar-refractivity contribution is 6.18. The fraction of sp³-hybridized carbons (Fsp3) is 0.0192. The maximum absolute atomic E-state index is 5.20. The first-order valence-corrected chi connectivity index (χ1v) is 19.3. The van der Waals surface area contributed by atoms with Crippen molar-refractivity contribution in [1.82, 2.24) is 24.1 Å². The zero-order valence-corrected chi connectivity index (χ0v) is 30.8. The van der Waals surface area contributed by atoms with Gasteiger partial charge in [-0.25, -0.2) is 0 Å². The van der Waals surface area contributed by atoms with Crippen LogP contribution in [0.1, 0.15) is 22.4 Å². The molecule has 0 atom stereocenters. The van der Waals surface area contributed by atoms with Crippen molar-refractivity contribution in [2.45, 2.75) is 5.41 Å². The van der Waals surface area contributed by atoms with Crippen molar-refractivity contribution in [2.75, 3.05) is 0 Å². The summed E-state index contributed by atoms with van der Waals surface area (Å²) in [7, 11) is 0. The van der Waals surface area contributed by atoms with Crippen molar-refractivity contribution < 1.29 is 0 Å². The molecule has 5 nitrogen and oxygen atoms in total. The minimum Gasteiger partial charge on any atom is -0.309 e. The molecule has 1 aliphatic rings. The van der Waals surface area contributed by atoms with E-state index in [9.17, 15) is 0 Å². The van der Waals surface area contributed by atoms with E-state index in [2.05, 4.69) is 178 Å². The predicted molar refractivity (Wildman–Crippen MR) is 231 cm³/mol. The normalized spacial score (nSPS) is 13.1. The molecule has 0 radical (unpaired) electrons. The summed E-state index contributed by atoms with van der Waals surface area (Å²) in [5, 5.41) is 3.58. The molecule has 57 heavy (non-hydrogen) atoms. The SMILES string of the molecule is c1ccc(C2(c3ccccc3)c3ccc4c(c3-c3cccnc32)c2ccccc2n4-c2ccc(-c3ccc(-n4c5cnccc5c5ncccc54)cc3)cc2)cc1. The Morgan fingerprint density at radius 3 is 1.75 bits per heavy atom. The quantitative estimate of drug-likeness (QED) is 0.177. The summed E-state index contributed by atoms with van der Waals surface area (Å²) in [5.74, 6) is 0. The molecule has 5 aromatic heterocycles. The Bertz CT molecular complexity index is 3230. The van der Waals surface area contributed by atoms with Gasteiger partial charge in [-0.05, 0) is 94.0 Å². The Morgan fingerprint density at radius 1 is 0.421 bits per heavy atom. The zero-order valence-electron chi connectivity index (χ0n) is 30.8. The largest absolute Gasteiger partial charge is 0.309 e. The van der Waals surface area contributed by atoms with Crippen LogP contribution in [0.4, 0.5) is 0 Å². The molecule has 0 amide bonds. The molecule has 5 heteroatoms. The Morgan fingerprint density at radius 2 is 1.04 bits per heavy atom. The first kappa shape index (κ1) is 31.7. The maximum atomic E-state index is 5.20. The standard InChI is InChI=1S/C52H33N5/c1-3-11-36(12-4-1)52(37-13-5-2-6-14-37)43-27-28-45-49(48(43)42-16-9-31-55-51(42)52)40-15-7-8-17-44(40)56(45)38-23-19-34(20-24-38)35-21-25-39(26-22-35)57-46-18-10-30-54-50(46)41-29-32-53-33-47(41)57/h1-33H. The highest BCUT2D eigenvalue weighted by atomic mass is 15.0. The van der Waals surface area contributed by atoms with E-state index in [-0.39, 0.29) is 0 Å². The molecule has 0 unspecified atom stereocenters. The molecule has 266 valence electrons. The van der Waals surface area contributed by atoms with E-state index in [1.807, 2.05) is 36.9 Å². The molecule has 0 fully saturated rings. The molecule has 0 aliphatic heterocycles. The fourth-order valence-corrected chi connectivity index (χ4v) is 9.65. The van der Waals surface area contributed by atoms with E-state index in [0.29, 0.717) is 0 Å². The van der Waals surface area contributed by atoms with Gasteiger partial charge in [0.15, 0.2) is 0 Å². The summed E-state index contributed by atoms with van der Waals surface area (Å²) >= 11 is 0. The summed E-state index contributed by atoms with van der Waals surface area (Å²) in [4.78, 5) is 14.3. The van der Waals surface area contributed by atoms with Gasteiger partial charge in [0.1, 0.15) is 0 Å². The second-order valence-electron chi connectivity index (χ2n) is 14.8. The number of fused-ring (bicyclic) bond motifs is 10. The van der Waals surface area contributed by atoms with Crippen LogP contribution in [0.2, 0.25) is 0 Å². The lowest BCUT2D eigenvalue weighted by Gasteiger charge is -2.32. The topological polar surface area (TPSA) is 48.5 Å². The van der Waals surface area contributed by atoms with Crippen LogP contribution in [0.5, 0.6) is 0 Å². The van der Waals surface area contributed by atoms with Crippen LogP contribution in [-0.4, -0.2) is 24.1 Å². The second-order valence-corrected chi connectivity index (χ2v) is 14.8. The van der Waals surface area contributed by atoms with Gasteiger partial charge in [-0.1, -0.05) is 115 Å². The highest BCUT2D eigenvalue weighted by Crippen LogP contribution is 2.58. The molecule has 0 bridgehead atoms. The molecule has 12 rings (SSSR count). The van der Waals surface area contributed by atoms with E-state index >= 15 is 0 Å². The number of pyridine rings is 3. The van der Waals surface area contributed by atoms with E-state index < -0.39 is 5.41 Å². The van der Waals surface area contributed by atoms with Gasteiger partial charge in [0.25, 0.3) is 0 Å². The van der Waals surface area contributed by atoms with Gasteiger partial charge in [0.05, 0.1) is 44.9 Å². The van der Waals surface area contributed by atoms with Crippen LogP contribution in [0, 0.1) is 0 Å². The smallest absolute Gasteiger partial charge is 0.0964 e. The van der Waals surface area contributed by atoms with Gasteiger partial charge in [0, 0.05) is 51.7 Å². The summed E-state index contributed by atoms with van der Waals surface area (Å²) in [6.45, 7) is 0. The number of aromatic nitrogens is 5.